The Morgan fingerprint density at radius 1 is 1.22 bits per heavy atom. The maximum absolute atomic E-state index is 12.1. The molecule has 27 heavy (non-hydrogen) atoms. The number of nitrogens with zero attached hydrogens (tertiary/aromatic N) is 2. The highest BCUT2D eigenvalue weighted by molar-refractivity contribution is 5.98. The van der Waals surface area contributed by atoms with Crippen molar-refractivity contribution in [3.63, 3.8) is 0 Å². The molecule has 0 aliphatic carbocycles. The number of hydrogen-bond acceptors (Lipinski definition) is 5. The van der Waals surface area contributed by atoms with Crippen LogP contribution in [-0.2, 0) is 9.59 Å². The zero-order valence-electron chi connectivity index (χ0n) is 14.9. The second-order valence-corrected chi connectivity index (χ2v) is 5.66. The van der Waals surface area contributed by atoms with Crippen molar-refractivity contribution in [1.29, 1.82) is 0 Å². The van der Waals surface area contributed by atoms with E-state index < -0.39 is 10.8 Å². The van der Waals surface area contributed by atoms with Crippen molar-refractivity contribution < 1.29 is 19.2 Å². The molecule has 0 unspecified atom stereocenters. The Hall–Kier alpha value is -3.68. The molecule has 0 fully saturated rings. The molecule has 2 aromatic rings. The molecule has 0 aliphatic rings. The van der Waals surface area contributed by atoms with Crippen LogP contribution in [0.1, 0.15) is 5.56 Å². The minimum Gasteiger partial charge on any atom is -0.497 e. The average molecular weight is 369 g/mol. The number of amides is 2. The van der Waals surface area contributed by atoms with Gasteiger partial charge in [0, 0.05) is 30.9 Å². The standard InChI is InChI=1S/C19H19N3O5/c1-21(19(24)10-9-14-5-3-8-17(11-14)27-2)13-18(23)20-15-6-4-7-16(12-15)22(25)26/h3-12H,13H2,1-2H3,(H,20,23)/b10-9+. The molecular weight excluding hydrogens is 350 g/mol. The van der Waals surface area contributed by atoms with E-state index in [1.807, 2.05) is 6.07 Å². The Labute approximate surface area is 156 Å². The molecule has 0 aliphatic heterocycles. The first kappa shape index (κ1) is 19.6. The van der Waals surface area contributed by atoms with Gasteiger partial charge >= 0.3 is 0 Å². The van der Waals surface area contributed by atoms with E-state index in [2.05, 4.69) is 5.32 Å². The molecule has 0 spiro atoms. The third-order valence-corrected chi connectivity index (χ3v) is 3.61. The Balaban J connectivity index is 1.93. The lowest BCUT2D eigenvalue weighted by molar-refractivity contribution is -0.384. The van der Waals surface area contributed by atoms with Gasteiger partial charge in [-0.3, -0.25) is 19.7 Å². The number of ether oxygens (including phenoxy) is 1. The van der Waals surface area contributed by atoms with Crippen molar-refractivity contribution in [2.24, 2.45) is 0 Å². The molecule has 0 atom stereocenters. The van der Waals surface area contributed by atoms with E-state index in [1.165, 1.54) is 42.3 Å². The molecule has 0 aromatic heterocycles. The number of methoxy groups -OCH3 is 1. The first-order valence-corrected chi connectivity index (χ1v) is 8.00. The van der Waals surface area contributed by atoms with E-state index in [0.717, 1.165) is 5.56 Å². The third kappa shape index (κ3) is 5.96. The third-order valence-electron chi connectivity index (χ3n) is 3.61. The molecule has 2 rings (SSSR count). The van der Waals surface area contributed by atoms with Gasteiger partial charge in [-0.25, -0.2) is 0 Å². The highest BCUT2D eigenvalue weighted by atomic mass is 16.6. The van der Waals surface area contributed by atoms with Gasteiger partial charge in [0.25, 0.3) is 5.69 Å². The van der Waals surface area contributed by atoms with Gasteiger partial charge in [0.2, 0.25) is 11.8 Å². The van der Waals surface area contributed by atoms with E-state index in [4.69, 9.17) is 4.74 Å². The molecule has 8 nitrogen and oxygen atoms in total. The smallest absolute Gasteiger partial charge is 0.271 e. The molecule has 2 aromatic carbocycles. The summed E-state index contributed by atoms with van der Waals surface area (Å²) in [5, 5.41) is 13.3. The quantitative estimate of drug-likeness (QED) is 0.459. The van der Waals surface area contributed by atoms with Crippen molar-refractivity contribution in [3.05, 3.63) is 70.3 Å². The van der Waals surface area contributed by atoms with Gasteiger partial charge in [-0.1, -0.05) is 18.2 Å². The summed E-state index contributed by atoms with van der Waals surface area (Å²) in [6, 6.07) is 12.8. The zero-order valence-corrected chi connectivity index (χ0v) is 14.9. The van der Waals surface area contributed by atoms with Crippen LogP contribution in [-0.4, -0.2) is 42.3 Å². The Morgan fingerprint density at radius 3 is 2.67 bits per heavy atom. The SMILES string of the molecule is COc1cccc(/C=C/C(=O)N(C)CC(=O)Nc2cccc([N+](=O)[O-])c2)c1. The normalized spacial score (nSPS) is 10.4. The number of hydrogen-bond donors (Lipinski definition) is 1. The van der Waals surface area contributed by atoms with Gasteiger partial charge in [-0.05, 0) is 29.8 Å². The second-order valence-electron chi connectivity index (χ2n) is 5.66. The van der Waals surface area contributed by atoms with Crippen LogP contribution in [0, 0.1) is 10.1 Å². The minimum absolute atomic E-state index is 0.126. The van der Waals surface area contributed by atoms with Crippen LogP contribution in [0.2, 0.25) is 0 Å². The van der Waals surface area contributed by atoms with Crippen molar-refractivity contribution in [1.82, 2.24) is 4.90 Å². The second kappa shape index (κ2) is 9.14. The van der Waals surface area contributed by atoms with Crippen LogP contribution < -0.4 is 10.1 Å². The van der Waals surface area contributed by atoms with Gasteiger partial charge in [-0.2, -0.15) is 0 Å². The van der Waals surface area contributed by atoms with E-state index >= 15 is 0 Å². The molecule has 0 bridgehead atoms. The highest BCUT2D eigenvalue weighted by Crippen LogP contribution is 2.17. The predicted octanol–water partition coefficient (Wildman–Crippen LogP) is 2.71. The molecule has 1 N–H and O–H groups in total. The van der Waals surface area contributed by atoms with E-state index in [-0.39, 0.29) is 18.1 Å². The fourth-order valence-electron chi connectivity index (χ4n) is 2.23. The van der Waals surface area contributed by atoms with Gasteiger partial charge in [0.1, 0.15) is 5.75 Å². The number of carbonyl (C=O) groups is 2. The molecule has 2 amide bonds. The summed E-state index contributed by atoms with van der Waals surface area (Å²) >= 11 is 0. The van der Waals surface area contributed by atoms with E-state index in [1.54, 1.807) is 31.4 Å². The molecular formula is C19H19N3O5. The number of rotatable bonds is 7. The van der Waals surface area contributed by atoms with Crippen molar-refractivity contribution >= 4 is 29.3 Å². The number of non-ortho nitro benzene ring substituents is 1. The fraction of sp³-hybridized carbons (Fsp3) is 0.158. The molecule has 0 heterocycles. The van der Waals surface area contributed by atoms with Crippen LogP contribution in [0.15, 0.2) is 54.6 Å². The number of nitro benzene ring substituents is 1. The summed E-state index contributed by atoms with van der Waals surface area (Å²) in [5.74, 6) is -0.137. The number of carbonyl (C=O) groups excluding carboxylic acids is 2. The van der Waals surface area contributed by atoms with Gasteiger partial charge < -0.3 is 15.0 Å². The number of likely N-dealkylation sites (N-methyl/N-ethyl adjacent to an activating group) is 1. The Kier molecular flexibility index (Phi) is 6.65. The number of anilines is 1. The molecule has 8 heteroatoms. The highest BCUT2D eigenvalue weighted by Gasteiger charge is 2.12. The summed E-state index contributed by atoms with van der Waals surface area (Å²) in [6.45, 7) is -0.190. The topological polar surface area (TPSA) is 102 Å². The number of nitro groups is 1. The predicted molar refractivity (Wildman–Crippen MR) is 101 cm³/mol. The summed E-state index contributed by atoms with van der Waals surface area (Å²) in [6.07, 6.45) is 2.98. The summed E-state index contributed by atoms with van der Waals surface area (Å²) in [7, 11) is 3.05. The molecule has 0 saturated carbocycles. The lowest BCUT2D eigenvalue weighted by Gasteiger charge is -2.14. The first-order valence-electron chi connectivity index (χ1n) is 8.00. The van der Waals surface area contributed by atoms with Crippen LogP contribution in [0.25, 0.3) is 6.08 Å². The molecule has 0 saturated heterocycles. The van der Waals surface area contributed by atoms with Crippen molar-refractivity contribution in [3.8, 4) is 5.75 Å². The summed E-state index contributed by atoms with van der Waals surface area (Å²) in [5.41, 5.74) is 0.956. The van der Waals surface area contributed by atoms with Crippen molar-refractivity contribution in [2.45, 2.75) is 0 Å². The largest absolute Gasteiger partial charge is 0.497 e. The van der Waals surface area contributed by atoms with Crippen LogP contribution in [0.5, 0.6) is 5.75 Å². The maximum atomic E-state index is 12.1. The first-order chi connectivity index (χ1) is 12.9. The molecule has 140 valence electrons. The zero-order chi connectivity index (χ0) is 19.8. The lowest BCUT2D eigenvalue weighted by Crippen LogP contribution is -2.33. The van der Waals surface area contributed by atoms with Crippen LogP contribution in [0.3, 0.4) is 0 Å². The number of nitrogens with one attached hydrogen (secondary N) is 1. The summed E-state index contributed by atoms with van der Waals surface area (Å²) < 4.78 is 5.12. The molecule has 0 radical (unpaired) electrons. The Bertz CT molecular complexity index is 879. The maximum Gasteiger partial charge on any atom is 0.271 e. The van der Waals surface area contributed by atoms with E-state index in [9.17, 15) is 19.7 Å². The lowest BCUT2D eigenvalue weighted by atomic mass is 10.2. The summed E-state index contributed by atoms with van der Waals surface area (Å²) in [4.78, 5) is 35.6. The average Bonchev–Trinajstić information content (AvgIpc) is 2.66. The van der Waals surface area contributed by atoms with Crippen molar-refractivity contribution in [2.75, 3.05) is 26.0 Å². The minimum atomic E-state index is -0.547. The van der Waals surface area contributed by atoms with Crippen LogP contribution >= 0.6 is 0 Å². The Morgan fingerprint density at radius 2 is 1.96 bits per heavy atom. The number of benzene rings is 2. The van der Waals surface area contributed by atoms with Gasteiger partial charge in [0.15, 0.2) is 0 Å². The van der Waals surface area contributed by atoms with Crippen LogP contribution in [0.4, 0.5) is 11.4 Å². The van der Waals surface area contributed by atoms with Gasteiger partial charge in [0.05, 0.1) is 18.6 Å². The fourth-order valence-corrected chi connectivity index (χ4v) is 2.23. The van der Waals surface area contributed by atoms with Gasteiger partial charge in [-0.15, -0.1) is 0 Å². The monoisotopic (exact) mass is 369 g/mol. The van der Waals surface area contributed by atoms with E-state index in [0.29, 0.717) is 11.4 Å².